The maximum Gasteiger partial charge on any atom is 0.147 e. The molecule has 0 aliphatic rings. The smallest absolute Gasteiger partial charge is 0.147 e. The summed E-state index contributed by atoms with van der Waals surface area (Å²) in [5.41, 5.74) is 6.78. The quantitative estimate of drug-likeness (QED) is 0.198. The number of benzene rings is 2. The fraction of sp³-hybridized carbons (Fsp3) is 0.517. The monoisotopic (exact) mass is 464 g/mol. The highest BCUT2D eigenvalue weighted by atomic mass is 32.1. The summed E-state index contributed by atoms with van der Waals surface area (Å²) in [6, 6.07) is 15.4. The summed E-state index contributed by atoms with van der Waals surface area (Å²) in [7, 11) is 0. The van der Waals surface area contributed by atoms with E-state index in [1.807, 2.05) is 0 Å². The van der Waals surface area contributed by atoms with Gasteiger partial charge in [-0.25, -0.2) is 0 Å². The molecule has 0 N–H and O–H groups in total. The lowest BCUT2D eigenvalue weighted by atomic mass is 9.94. The second-order valence-corrected chi connectivity index (χ2v) is 9.73. The molecule has 33 heavy (non-hydrogen) atoms. The Balaban J connectivity index is 1.75. The molecular formula is C29H40N2OS. The highest BCUT2D eigenvalue weighted by molar-refractivity contribution is 7.12. The molecule has 1 heterocycles. The van der Waals surface area contributed by atoms with Crippen molar-refractivity contribution >= 4 is 11.3 Å². The molecule has 2 aromatic carbocycles. The summed E-state index contributed by atoms with van der Waals surface area (Å²) < 4.78 is 6.41. The first-order chi connectivity index (χ1) is 16.3. The van der Waals surface area contributed by atoms with E-state index >= 15 is 0 Å². The van der Waals surface area contributed by atoms with Gasteiger partial charge in [0.2, 0.25) is 0 Å². The summed E-state index contributed by atoms with van der Waals surface area (Å²) in [6.07, 6.45) is 15.2. The zero-order valence-electron chi connectivity index (χ0n) is 20.5. The predicted octanol–water partition coefficient (Wildman–Crippen LogP) is 9.12. The van der Waals surface area contributed by atoms with Gasteiger partial charge in [0.15, 0.2) is 0 Å². The first-order valence-electron chi connectivity index (χ1n) is 12.9. The van der Waals surface area contributed by atoms with E-state index in [2.05, 4.69) is 66.5 Å². The molecule has 178 valence electrons. The molecule has 3 aromatic rings. The maximum atomic E-state index is 6.41. The number of hydrogen-bond acceptors (Lipinski definition) is 4. The van der Waals surface area contributed by atoms with Gasteiger partial charge in [-0.1, -0.05) is 113 Å². The van der Waals surface area contributed by atoms with Crippen molar-refractivity contribution in [2.24, 2.45) is 0 Å². The van der Waals surface area contributed by atoms with Crippen LogP contribution in [0.5, 0.6) is 5.75 Å². The second kappa shape index (κ2) is 14.8. The first kappa shape index (κ1) is 25.4. The molecule has 0 saturated carbocycles. The Morgan fingerprint density at radius 3 is 2.24 bits per heavy atom. The highest BCUT2D eigenvalue weighted by Crippen LogP contribution is 2.37. The third-order valence-electron chi connectivity index (χ3n) is 6.20. The third-order valence-corrected chi connectivity index (χ3v) is 6.94. The van der Waals surface area contributed by atoms with Gasteiger partial charge in [0.05, 0.1) is 6.61 Å². The van der Waals surface area contributed by atoms with Crippen molar-refractivity contribution in [3.8, 4) is 27.4 Å². The minimum Gasteiger partial charge on any atom is -0.493 e. The molecule has 0 saturated heterocycles. The third kappa shape index (κ3) is 8.26. The minimum absolute atomic E-state index is 0.762. The first-order valence-corrected chi connectivity index (χ1v) is 13.8. The normalized spacial score (nSPS) is 11.1. The fourth-order valence-corrected chi connectivity index (χ4v) is 4.83. The van der Waals surface area contributed by atoms with Crippen LogP contribution in [0.1, 0.15) is 90.0 Å². The second-order valence-electron chi connectivity index (χ2n) is 8.89. The molecule has 3 nitrogen and oxygen atoms in total. The van der Waals surface area contributed by atoms with E-state index in [1.165, 1.54) is 80.9 Å². The summed E-state index contributed by atoms with van der Waals surface area (Å²) in [5, 5.41) is 9.22. The van der Waals surface area contributed by atoms with E-state index in [0.29, 0.717) is 0 Å². The van der Waals surface area contributed by atoms with Crippen LogP contribution in [-0.4, -0.2) is 16.8 Å². The van der Waals surface area contributed by atoms with E-state index in [1.54, 1.807) is 16.8 Å². The number of aromatic nitrogens is 2. The van der Waals surface area contributed by atoms with Gasteiger partial charge in [-0.3, -0.25) is 0 Å². The van der Waals surface area contributed by atoms with E-state index in [9.17, 15) is 0 Å². The van der Waals surface area contributed by atoms with Crippen LogP contribution >= 0.6 is 11.3 Å². The zero-order valence-corrected chi connectivity index (χ0v) is 21.3. The van der Waals surface area contributed by atoms with E-state index in [4.69, 9.17) is 4.74 Å². The van der Waals surface area contributed by atoms with Crippen LogP contribution in [0.25, 0.3) is 21.7 Å². The van der Waals surface area contributed by atoms with Gasteiger partial charge in [0.1, 0.15) is 16.3 Å². The Labute approximate surface area is 204 Å². The van der Waals surface area contributed by atoms with Crippen molar-refractivity contribution in [2.75, 3.05) is 6.61 Å². The standard InChI is InChI=1S/C29H40N2OS/c1-3-5-7-9-11-15-21-32-28-22-25(29-31-30-23-33-29)19-20-27(28)26-18-14-13-17-24(26)16-12-10-8-6-4-2/h13-14,17-20,22-23H,3-12,15-16,21H2,1-2H3. The Kier molecular flexibility index (Phi) is 11.4. The zero-order chi connectivity index (χ0) is 23.1. The number of unbranched alkanes of at least 4 members (excludes halogenated alkanes) is 9. The number of aryl methyl sites for hydroxylation is 1. The van der Waals surface area contributed by atoms with Crippen LogP contribution in [0.15, 0.2) is 48.0 Å². The van der Waals surface area contributed by atoms with Gasteiger partial charge in [0, 0.05) is 11.1 Å². The number of rotatable bonds is 16. The SMILES string of the molecule is CCCCCCCCOc1cc(-c2nncs2)ccc1-c1ccccc1CCCCCCC. The molecule has 0 aliphatic carbocycles. The topological polar surface area (TPSA) is 35.0 Å². The number of nitrogens with zero attached hydrogens (tertiary/aromatic N) is 2. The lowest BCUT2D eigenvalue weighted by Gasteiger charge is -2.16. The molecule has 3 rings (SSSR count). The molecule has 0 fully saturated rings. The van der Waals surface area contributed by atoms with E-state index in [0.717, 1.165) is 35.8 Å². The van der Waals surface area contributed by atoms with Crippen molar-refractivity contribution in [2.45, 2.75) is 90.9 Å². The van der Waals surface area contributed by atoms with Crippen LogP contribution < -0.4 is 4.74 Å². The maximum absolute atomic E-state index is 6.41. The molecule has 4 heteroatoms. The average Bonchev–Trinajstić information content (AvgIpc) is 3.39. The minimum atomic E-state index is 0.762. The fourth-order valence-electron chi connectivity index (χ4n) is 4.28. The molecule has 0 radical (unpaired) electrons. The molecule has 0 amide bonds. The van der Waals surface area contributed by atoms with Crippen LogP contribution in [0.3, 0.4) is 0 Å². The van der Waals surface area contributed by atoms with Crippen LogP contribution in [0, 0.1) is 0 Å². The van der Waals surface area contributed by atoms with Gasteiger partial charge in [-0.15, -0.1) is 10.2 Å². The molecule has 0 aliphatic heterocycles. The van der Waals surface area contributed by atoms with Crippen LogP contribution in [-0.2, 0) is 6.42 Å². The Morgan fingerprint density at radius 1 is 0.758 bits per heavy atom. The van der Waals surface area contributed by atoms with E-state index in [-0.39, 0.29) is 0 Å². The van der Waals surface area contributed by atoms with Gasteiger partial charge in [-0.05, 0) is 42.5 Å². The average molecular weight is 465 g/mol. The summed E-state index contributed by atoms with van der Waals surface area (Å²) in [6.45, 7) is 5.30. The Bertz CT molecular complexity index is 923. The van der Waals surface area contributed by atoms with Crippen molar-refractivity contribution < 1.29 is 4.74 Å². The van der Waals surface area contributed by atoms with Crippen molar-refractivity contribution in [1.82, 2.24) is 10.2 Å². The lowest BCUT2D eigenvalue weighted by Crippen LogP contribution is -2.00. The molecule has 0 bridgehead atoms. The van der Waals surface area contributed by atoms with Crippen molar-refractivity contribution in [3.63, 3.8) is 0 Å². The Hall–Kier alpha value is -2.20. The van der Waals surface area contributed by atoms with Crippen molar-refractivity contribution in [1.29, 1.82) is 0 Å². The van der Waals surface area contributed by atoms with Crippen molar-refractivity contribution in [3.05, 3.63) is 53.5 Å². The molecular weight excluding hydrogens is 424 g/mol. The number of ether oxygens (including phenoxy) is 1. The summed E-state index contributed by atoms with van der Waals surface area (Å²) in [4.78, 5) is 0. The molecule has 0 atom stereocenters. The molecule has 0 spiro atoms. The molecule has 1 aromatic heterocycles. The predicted molar refractivity (Wildman–Crippen MR) is 142 cm³/mol. The lowest BCUT2D eigenvalue weighted by molar-refractivity contribution is 0.305. The molecule has 0 unspecified atom stereocenters. The van der Waals surface area contributed by atoms with Gasteiger partial charge >= 0.3 is 0 Å². The van der Waals surface area contributed by atoms with Crippen LogP contribution in [0.2, 0.25) is 0 Å². The number of hydrogen-bond donors (Lipinski definition) is 0. The largest absolute Gasteiger partial charge is 0.493 e. The summed E-state index contributed by atoms with van der Waals surface area (Å²) in [5.74, 6) is 0.967. The highest BCUT2D eigenvalue weighted by Gasteiger charge is 2.13. The van der Waals surface area contributed by atoms with Gasteiger partial charge in [0.25, 0.3) is 0 Å². The van der Waals surface area contributed by atoms with E-state index < -0.39 is 0 Å². The van der Waals surface area contributed by atoms with Gasteiger partial charge < -0.3 is 4.74 Å². The van der Waals surface area contributed by atoms with Crippen LogP contribution in [0.4, 0.5) is 0 Å². The summed E-state index contributed by atoms with van der Waals surface area (Å²) >= 11 is 1.57. The Morgan fingerprint density at radius 2 is 1.48 bits per heavy atom. The van der Waals surface area contributed by atoms with Gasteiger partial charge in [-0.2, -0.15) is 0 Å².